The van der Waals surface area contributed by atoms with E-state index in [2.05, 4.69) is 6.07 Å². The van der Waals surface area contributed by atoms with Crippen LogP contribution in [-0.2, 0) is 0 Å². The van der Waals surface area contributed by atoms with E-state index >= 15 is 0 Å². The predicted molar refractivity (Wildman–Crippen MR) is 103 cm³/mol. The van der Waals surface area contributed by atoms with Crippen molar-refractivity contribution in [2.45, 2.75) is 0 Å². The van der Waals surface area contributed by atoms with E-state index in [9.17, 15) is 0 Å². The highest BCUT2D eigenvalue weighted by atomic mass is 32.2. The maximum absolute atomic E-state index is 8.80. The van der Waals surface area contributed by atoms with Crippen LogP contribution in [0.3, 0.4) is 0 Å². The van der Waals surface area contributed by atoms with E-state index in [1.165, 1.54) is 0 Å². The maximum Gasteiger partial charge on any atom is 0.130 e. The fourth-order valence-electron chi connectivity index (χ4n) is 2.19. The Morgan fingerprint density at radius 3 is 2.08 bits per heavy atom. The summed E-state index contributed by atoms with van der Waals surface area (Å²) in [6.45, 7) is 1.56. The van der Waals surface area contributed by atoms with Crippen molar-refractivity contribution in [3.8, 4) is 11.5 Å². The van der Waals surface area contributed by atoms with Gasteiger partial charge in [0, 0.05) is 23.0 Å². The first-order valence-corrected chi connectivity index (χ1v) is 10.2. The highest BCUT2D eigenvalue weighted by Gasteiger charge is 2.09. The summed E-state index contributed by atoms with van der Waals surface area (Å²) in [5.74, 6) is 4.72. The molecule has 0 saturated carbocycles. The van der Waals surface area contributed by atoms with Gasteiger partial charge in [-0.3, -0.25) is 0 Å². The van der Waals surface area contributed by atoms with E-state index in [0.29, 0.717) is 13.2 Å². The number of rotatable bonds is 12. The van der Waals surface area contributed by atoms with Gasteiger partial charge in [-0.15, -0.1) is 0 Å². The minimum atomic E-state index is 0.195. The van der Waals surface area contributed by atoms with Crippen molar-refractivity contribution in [1.82, 2.24) is 0 Å². The van der Waals surface area contributed by atoms with E-state index in [0.717, 1.165) is 45.3 Å². The van der Waals surface area contributed by atoms with Gasteiger partial charge in [-0.05, 0) is 23.6 Å². The third kappa shape index (κ3) is 6.09. The zero-order valence-corrected chi connectivity index (χ0v) is 15.2. The molecule has 0 spiro atoms. The molecule has 0 aliphatic heterocycles. The summed E-state index contributed by atoms with van der Waals surface area (Å²) in [4.78, 5) is 0. The Morgan fingerprint density at radius 1 is 0.833 bits per heavy atom. The first-order valence-electron chi connectivity index (χ1n) is 7.93. The molecule has 0 amide bonds. The van der Waals surface area contributed by atoms with Crippen LogP contribution in [0.25, 0.3) is 10.8 Å². The van der Waals surface area contributed by atoms with Crippen LogP contribution in [0.15, 0.2) is 30.3 Å². The first kappa shape index (κ1) is 19.2. The summed E-state index contributed by atoms with van der Waals surface area (Å²) in [5.41, 5.74) is 0. The second-order valence-electron chi connectivity index (χ2n) is 4.89. The van der Waals surface area contributed by atoms with Crippen LogP contribution in [0.5, 0.6) is 11.5 Å². The van der Waals surface area contributed by atoms with Crippen molar-refractivity contribution in [1.29, 1.82) is 0 Å². The Morgan fingerprint density at radius 2 is 1.46 bits per heavy atom. The molecule has 0 heterocycles. The van der Waals surface area contributed by atoms with Crippen molar-refractivity contribution in [3.63, 3.8) is 0 Å². The summed E-state index contributed by atoms with van der Waals surface area (Å²) in [6, 6.07) is 12.9. The van der Waals surface area contributed by atoms with E-state index in [-0.39, 0.29) is 13.2 Å². The maximum atomic E-state index is 8.80. The van der Waals surface area contributed by atoms with Gasteiger partial charge in [-0.25, -0.2) is 0 Å². The van der Waals surface area contributed by atoms with Gasteiger partial charge in [0.25, 0.3) is 0 Å². The Kier molecular flexibility index (Phi) is 9.20. The topological polar surface area (TPSA) is 58.9 Å². The quantitative estimate of drug-likeness (QED) is 0.563. The molecule has 0 bridgehead atoms. The van der Waals surface area contributed by atoms with Crippen molar-refractivity contribution >= 4 is 34.3 Å². The Hall–Kier alpha value is -1.08. The van der Waals surface area contributed by atoms with Crippen LogP contribution in [0, 0.1) is 6.07 Å². The lowest BCUT2D eigenvalue weighted by molar-refractivity contribution is 0.321. The summed E-state index contributed by atoms with van der Waals surface area (Å²) in [7, 11) is 0. The molecule has 2 N–H and O–H groups in total. The molecule has 2 aromatic rings. The van der Waals surface area contributed by atoms with Gasteiger partial charge in [-0.1, -0.05) is 18.2 Å². The summed E-state index contributed by atoms with van der Waals surface area (Å²) in [5, 5.41) is 19.5. The molecule has 2 aromatic carbocycles. The minimum absolute atomic E-state index is 0.195. The largest absolute Gasteiger partial charge is 0.492 e. The van der Waals surface area contributed by atoms with Gasteiger partial charge in [0.15, 0.2) is 0 Å². The zero-order chi connectivity index (χ0) is 17.0. The Bertz CT molecular complexity index is 558. The van der Waals surface area contributed by atoms with E-state index in [4.69, 9.17) is 19.7 Å². The van der Waals surface area contributed by atoms with Crippen LogP contribution in [-0.4, -0.2) is 59.7 Å². The van der Waals surface area contributed by atoms with Crippen molar-refractivity contribution in [2.24, 2.45) is 0 Å². The first-order chi connectivity index (χ1) is 11.9. The van der Waals surface area contributed by atoms with E-state index < -0.39 is 0 Å². The average molecular weight is 368 g/mol. The normalized spacial score (nSPS) is 10.9. The van der Waals surface area contributed by atoms with Crippen molar-refractivity contribution in [2.75, 3.05) is 49.4 Å². The monoisotopic (exact) mass is 367 g/mol. The predicted octanol–water partition coefficient (Wildman–Crippen LogP) is 2.85. The molecule has 0 aliphatic carbocycles. The molecule has 24 heavy (non-hydrogen) atoms. The van der Waals surface area contributed by atoms with Crippen LogP contribution >= 0.6 is 23.5 Å². The Balaban J connectivity index is 2.01. The molecular weight excluding hydrogens is 344 g/mol. The number of fused-ring (bicyclic) bond motifs is 1. The molecule has 2 rings (SSSR count). The molecule has 0 unspecified atom stereocenters. The SMILES string of the molecule is OCCSCCOc1cc[c]c2cccc(OCCSCCO)c12. The molecule has 4 nitrogen and oxygen atoms in total. The number of aliphatic hydroxyl groups excluding tert-OH is 2. The Labute approximate surface area is 151 Å². The fourth-order valence-corrected chi connectivity index (χ4v) is 3.26. The fraction of sp³-hybridized carbons (Fsp3) is 0.444. The summed E-state index contributed by atoms with van der Waals surface area (Å²) < 4.78 is 11.8. The summed E-state index contributed by atoms with van der Waals surface area (Å²) in [6.07, 6.45) is 0. The van der Waals surface area contributed by atoms with Crippen molar-refractivity contribution in [3.05, 3.63) is 36.4 Å². The van der Waals surface area contributed by atoms with E-state index in [1.54, 1.807) is 23.5 Å². The highest BCUT2D eigenvalue weighted by molar-refractivity contribution is 7.99. The molecule has 131 valence electrons. The molecule has 0 aromatic heterocycles. The minimum Gasteiger partial charge on any atom is -0.492 e. The lowest BCUT2D eigenvalue weighted by Gasteiger charge is -2.13. The molecule has 0 atom stereocenters. The van der Waals surface area contributed by atoms with Crippen LogP contribution in [0.4, 0.5) is 0 Å². The zero-order valence-electron chi connectivity index (χ0n) is 13.6. The molecule has 0 fully saturated rings. The molecule has 0 saturated heterocycles. The smallest absolute Gasteiger partial charge is 0.130 e. The second-order valence-corrected chi connectivity index (χ2v) is 7.34. The second kappa shape index (κ2) is 11.5. The third-order valence-electron chi connectivity index (χ3n) is 3.19. The highest BCUT2D eigenvalue weighted by Crippen LogP contribution is 2.34. The van der Waals surface area contributed by atoms with Gasteiger partial charge in [0.2, 0.25) is 0 Å². The number of thioether (sulfide) groups is 2. The van der Waals surface area contributed by atoms with Gasteiger partial charge < -0.3 is 19.7 Å². The van der Waals surface area contributed by atoms with Crippen LogP contribution in [0.2, 0.25) is 0 Å². The van der Waals surface area contributed by atoms with E-state index in [1.807, 2.05) is 30.3 Å². The van der Waals surface area contributed by atoms with Gasteiger partial charge in [-0.2, -0.15) is 23.5 Å². The van der Waals surface area contributed by atoms with Gasteiger partial charge in [0.05, 0.1) is 31.8 Å². The van der Waals surface area contributed by atoms with Gasteiger partial charge >= 0.3 is 0 Å². The third-order valence-corrected chi connectivity index (χ3v) is 5.04. The number of hydrogen-bond donors (Lipinski definition) is 2. The average Bonchev–Trinajstić information content (AvgIpc) is 2.61. The number of hydrogen-bond acceptors (Lipinski definition) is 6. The standard InChI is InChI=1S/C18H23O4S2/c19-7-11-23-13-9-21-16-5-1-3-15-4-2-6-17(18(15)16)22-10-14-24-12-8-20/h1-3,5-6,19-20H,7-14H2. The number of aliphatic hydroxyl groups is 2. The molecule has 6 heteroatoms. The number of ether oxygens (including phenoxy) is 2. The molecular formula is C18H23O4S2. The number of benzene rings is 2. The van der Waals surface area contributed by atoms with Crippen LogP contribution < -0.4 is 9.47 Å². The summed E-state index contributed by atoms with van der Waals surface area (Å²) >= 11 is 3.33. The lowest BCUT2D eigenvalue weighted by atomic mass is 10.1. The van der Waals surface area contributed by atoms with Crippen molar-refractivity contribution < 1.29 is 19.7 Å². The molecule has 0 aliphatic rings. The molecule has 1 radical (unpaired) electrons. The lowest BCUT2D eigenvalue weighted by Crippen LogP contribution is -2.04. The van der Waals surface area contributed by atoms with Crippen LogP contribution in [0.1, 0.15) is 0 Å². The van der Waals surface area contributed by atoms with Gasteiger partial charge in [0.1, 0.15) is 11.5 Å².